The SMILES string of the molecule is CC(=O)Nc1cccc(NC(=O)c2ccc3c(c2)CCCN3C(=O)c2cccc(C)c2)c1. The van der Waals surface area contributed by atoms with Crippen molar-refractivity contribution in [3.05, 3.63) is 89.0 Å². The van der Waals surface area contributed by atoms with Gasteiger partial charge < -0.3 is 15.5 Å². The van der Waals surface area contributed by atoms with Gasteiger partial charge in [-0.2, -0.15) is 0 Å². The number of hydrogen-bond donors (Lipinski definition) is 2. The molecule has 0 saturated carbocycles. The molecular weight excluding hydrogens is 402 g/mol. The van der Waals surface area contributed by atoms with Gasteiger partial charge in [0.15, 0.2) is 0 Å². The summed E-state index contributed by atoms with van der Waals surface area (Å²) in [6.07, 6.45) is 1.65. The van der Waals surface area contributed by atoms with Crippen molar-refractivity contribution in [2.24, 2.45) is 0 Å². The molecule has 0 fully saturated rings. The quantitative estimate of drug-likeness (QED) is 0.628. The van der Waals surface area contributed by atoms with E-state index >= 15 is 0 Å². The molecule has 4 rings (SSSR count). The number of anilines is 3. The van der Waals surface area contributed by atoms with E-state index in [1.165, 1.54) is 6.92 Å². The number of hydrogen-bond acceptors (Lipinski definition) is 3. The van der Waals surface area contributed by atoms with Gasteiger partial charge in [-0.05, 0) is 73.9 Å². The Morgan fingerprint density at radius 3 is 2.34 bits per heavy atom. The monoisotopic (exact) mass is 427 g/mol. The van der Waals surface area contributed by atoms with E-state index in [-0.39, 0.29) is 17.7 Å². The summed E-state index contributed by atoms with van der Waals surface area (Å²) in [4.78, 5) is 39.0. The largest absolute Gasteiger partial charge is 0.326 e. The molecule has 0 aliphatic carbocycles. The Labute approximate surface area is 187 Å². The number of nitrogens with one attached hydrogen (secondary N) is 2. The first-order valence-electron chi connectivity index (χ1n) is 10.6. The van der Waals surface area contributed by atoms with Gasteiger partial charge >= 0.3 is 0 Å². The summed E-state index contributed by atoms with van der Waals surface area (Å²) in [5.74, 6) is -0.440. The predicted molar refractivity (Wildman–Crippen MR) is 126 cm³/mol. The summed E-state index contributed by atoms with van der Waals surface area (Å²) < 4.78 is 0. The fraction of sp³-hybridized carbons (Fsp3) is 0.192. The summed E-state index contributed by atoms with van der Waals surface area (Å²) >= 11 is 0. The first-order chi connectivity index (χ1) is 15.4. The molecule has 162 valence electrons. The average Bonchev–Trinajstić information content (AvgIpc) is 2.77. The van der Waals surface area contributed by atoms with Crippen LogP contribution in [0.5, 0.6) is 0 Å². The van der Waals surface area contributed by atoms with Crippen molar-refractivity contribution in [1.82, 2.24) is 0 Å². The Morgan fingerprint density at radius 2 is 1.59 bits per heavy atom. The highest BCUT2D eigenvalue weighted by molar-refractivity contribution is 6.08. The van der Waals surface area contributed by atoms with Gasteiger partial charge in [0.2, 0.25) is 5.91 Å². The number of fused-ring (bicyclic) bond motifs is 1. The van der Waals surface area contributed by atoms with Crippen LogP contribution >= 0.6 is 0 Å². The lowest BCUT2D eigenvalue weighted by molar-refractivity contribution is -0.114. The number of carbonyl (C=O) groups is 3. The zero-order chi connectivity index (χ0) is 22.7. The zero-order valence-electron chi connectivity index (χ0n) is 18.1. The molecule has 32 heavy (non-hydrogen) atoms. The summed E-state index contributed by atoms with van der Waals surface area (Å²) in [5, 5.41) is 5.58. The summed E-state index contributed by atoms with van der Waals surface area (Å²) in [6.45, 7) is 4.06. The number of carbonyl (C=O) groups excluding carboxylic acids is 3. The van der Waals surface area contributed by atoms with Crippen LogP contribution in [-0.4, -0.2) is 24.3 Å². The Kier molecular flexibility index (Phi) is 6.03. The molecule has 0 atom stereocenters. The Hall–Kier alpha value is -3.93. The van der Waals surface area contributed by atoms with Crippen molar-refractivity contribution in [1.29, 1.82) is 0 Å². The molecule has 0 spiro atoms. The van der Waals surface area contributed by atoms with Crippen LogP contribution in [0.2, 0.25) is 0 Å². The van der Waals surface area contributed by atoms with Crippen LogP contribution in [0, 0.1) is 6.92 Å². The normalized spacial score (nSPS) is 12.6. The molecule has 0 saturated heterocycles. The van der Waals surface area contributed by atoms with E-state index in [0.717, 1.165) is 29.7 Å². The topological polar surface area (TPSA) is 78.5 Å². The van der Waals surface area contributed by atoms with Gasteiger partial charge in [0.05, 0.1) is 0 Å². The van der Waals surface area contributed by atoms with Gasteiger partial charge in [-0.15, -0.1) is 0 Å². The van der Waals surface area contributed by atoms with E-state index in [9.17, 15) is 14.4 Å². The predicted octanol–water partition coefficient (Wildman–Crippen LogP) is 4.80. The minimum Gasteiger partial charge on any atom is -0.326 e. The summed E-state index contributed by atoms with van der Waals surface area (Å²) in [5.41, 5.74) is 5.28. The molecule has 2 N–H and O–H groups in total. The number of aryl methyl sites for hydroxylation is 2. The second-order valence-corrected chi connectivity index (χ2v) is 7.99. The average molecular weight is 428 g/mol. The first-order valence-corrected chi connectivity index (χ1v) is 10.6. The third kappa shape index (κ3) is 4.70. The second kappa shape index (κ2) is 9.06. The summed E-state index contributed by atoms with van der Waals surface area (Å²) in [6, 6.07) is 20.0. The Morgan fingerprint density at radius 1 is 0.844 bits per heavy atom. The number of rotatable bonds is 4. The molecule has 3 aromatic carbocycles. The van der Waals surface area contributed by atoms with Crippen molar-refractivity contribution in [3.8, 4) is 0 Å². The van der Waals surface area contributed by atoms with Crippen molar-refractivity contribution < 1.29 is 14.4 Å². The number of nitrogens with zero attached hydrogens (tertiary/aromatic N) is 1. The van der Waals surface area contributed by atoms with E-state index in [2.05, 4.69) is 10.6 Å². The van der Waals surface area contributed by atoms with E-state index in [0.29, 0.717) is 29.0 Å². The lowest BCUT2D eigenvalue weighted by Crippen LogP contribution is -2.35. The van der Waals surface area contributed by atoms with Crippen molar-refractivity contribution >= 4 is 34.8 Å². The molecule has 6 nitrogen and oxygen atoms in total. The standard InChI is InChI=1S/C26H25N3O3/c1-17-6-3-7-21(14-17)26(32)29-13-5-8-19-15-20(11-12-24(19)29)25(31)28-23-10-4-9-22(16-23)27-18(2)30/h3-4,6-7,9-12,14-16H,5,8,13H2,1-2H3,(H,27,30)(H,28,31). The van der Waals surface area contributed by atoms with Crippen LogP contribution in [0.3, 0.4) is 0 Å². The Bertz CT molecular complexity index is 1200. The van der Waals surface area contributed by atoms with E-state index in [1.807, 2.05) is 43.3 Å². The van der Waals surface area contributed by atoms with Crippen LogP contribution in [0.25, 0.3) is 0 Å². The maximum atomic E-state index is 13.1. The van der Waals surface area contributed by atoms with Crippen LogP contribution < -0.4 is 15.5 Å². The van der Waals surface area contributed by atoms with Crippen molar-refractivity contribution in [2.45, 2.75) is 26.7 Å². The van der Waals surface area contributed by atoms with E-state index in [4.69, 9.17) is 0 Å². The zero-order valence-corrected chi connectivity index (χ0v) is 18.1. The van der Waals surface area contributed by atoms with Gasteiger partial charge in [0, 0.05) is 41.7 Å². The van der Waals surface area contributed by atoms with Gasteiger partial charge in [0.1, 0.15) is 0 Å². The van der Waals surface area contributed by atoms with Crippen LogP contribution in [-0.2, 0) is 11.2 Å². The second-order valence-electron chi connectivity index (χ2n) is 7.99. The highest BCUT2D eigenvalue weighted by atomic mass is 16.2. The molecular formula is C26H25N3O3. The molecule has 0 bridgehead atoms. The molecule has 6 heteroatoms. The molecule has 1 aliphatic rings. The smallest absolute Gasteiger partial charge is 0.258 e. The van der Waals surface area contributed by atoms with Crippen LogP contribution in [0.1, 0.15) is 45.2 Å². The number of amides is 3. The van der Waals surface area contributed by atoms with Gasteiger partial charge in [-0.25, -0.2) is 0 Å². The molecule has 1 aliphatic heterocycles. The van der Waals surface area contributed by atoms with E-state index in [1.54, 1.807) is 35.2 Å². The third-order valence-corrected chi connectivity index (χ3v) is 5.41. The highest BCUT2D eigenvalue weighted by Crippen LogP contribution is 2.30. The lowest BCUT2D eigenvalue weighted by atomic mass is 9.98. The lowest BCUT2D eigenvalue weighted by Gasteiger charge is -2.30. The fourth-order valence-electron chi connectivity index (χ4n) is 3.96. The molecule has 0 radical (unpaired) electrons. The van der Waals surface area contributed by atoms with Crippen LogP contribution in [0.15, 0.2) is 66.7 Å². The molecule has 3 amide bonds. The maximum absolute atomic E-state index is 13.1. The number of benzene rings is 3. The molecule has 1 heterocycles. The minimum atomic E-state index is -0.241. The maximum Gasteiger partial charge on any atom is 0.258 e. The fourth-order valence-corrected chi connectivity index (χ4v) is 3.96. The van der Waals surface area contributed by atoms with Gasteiger partial charge in [-0.1, -0.05) is 23.8 Å². The van der Waals surface area contributed by atoms with E-state index < -0.39 is 0 Å². The summed E-state index contributed by atoms with van der Waals surface area (Å²) in [7, 11) is 0. The van der Waals surface area contributed by atoms with Crippen molar-refractivity contribution in [3.63, 3.8) is 0 Å². The molecule has 0 aromatic heterocycles. The Balaban J connectivity index is 1.54. The van der Waals surface area contributed by atoms with Crippen LogP contribution in [0.4, 0.5) is 17.1 Å². The molecule has 0 unspecified atom stereocenters. The van der Waals surface area contributed by atoms with Gasteiger partial charge in [-0.3, -0.25) is 14.4 Å². The van der Waals surface area contributed by atoms with Crippen molar-refractivity contribution in [2.75, 3.05) is 22.1 Å². The van der Waals surface area contributed by atoms with Gasteiger partial charge in [0.25, 0.3) is 11.8 Å². The molecule has 3 aromatic rings. The minimum absolute atomic E-state index is 0.0263. The first kappa shape index (κ1) is 21.3. The highest BCUT2D eigenvalue weighted by Gasteiger charge is 2.24. The third-order valence-electron chi connectivity index (χ3n) is 5.41.